The first-order valence-corrected chi connectivity index (χ1v) is 8.72. The molecule has 0 unspecified atom stereocenters. The maximum Gasteiger partial charge on any atom is 0.308 e. The van der Waals surface area contributed by atoms with Crippen LogP contribution in [0, 0.1) is 5.92 Å². The second kappa shape index (κ2) is 7.18. The van der Waals surface area contributed by atoms with E-state index in [9.17, 15) is 9.90 Å². The van der Waals surface area contributed by atoms with Crippen molar-refractivity contribution in [3.63, 3.8) is 0 Å². The molecule has 2 heterocycles. The summed E-state index contributed by atoms with van der Waals surface area (Å²) in [6.07, 6.45) is 1.63. The lowest BCUT2D eigenvalue weighted by Crippen LogP contribution is -2.45. The number of halogens is 2. The maximum atomic E-state index is 11.3. The fraction of sp³-hybridized carbons (Fsp3) is 0.389. The van der Waals surface area contributed by atoms with E-state index < -0.39 is 5.97 Å². The quantitative estimate of drug-likeness (QED) is 0.831. The number of benzene rings is 1. The second-order valence-corrected chi connectivity index (χ2v) is 7.01. The molecule has 24 heavy (non-hydrogen) atoms. The third-order valence-electron chi connectivity index (χ3n) is 4.66. The van der Waals surface area contributed by atoms with Crippen LogP contribution in [0.5, 0.6) is 0 Å². The first-order valence-electron chi connectivity index (χ1n) is 7.96. The van der Waals surface area contributed by atoms with Gasteiger partial charge in [0.15, 0.2) is 0 Å². The van der Waals surface area contributed by atoms with Gasteiger partial charge in [0, 0.05) is 11.6 Å². The second-order valence-electron chi connectivity index (χ2n) is 6.19. The molecule has 1 aromatic heterocycles. The van der Waals surface area contributed by atoms with E-state index in [4.69, 9.17) is 27.6 Å². The lowest BCUT2D eigenvalue weighted by molar-refractivity contribution is -0.145. The molecule has 1 aliphatic rings. The normalized spacial score (nSPS) is 21.8. The number of rotatable bonds is 4. The van der Waals surface area contributed by atoms with E-state index in [1.807, 2.05) is 25.1 Å². The van der Waals surface area contributed by atoms with Crippen LogP contribution < -0.4 is 0 Å². The van der Waals surface area contributed by atoms with Gasteiger partial charge in [0.25, 0.3) is 0 Å². The Labute approximate surface area is 151 Å². The van der Waals surface area contributed by atoms with Gasteiger partial charge in [-0.25, -0.2) is 0 Å². The summed E-state index contributed by atoms with van der Waals surface area (Å²) in [6.45, 7) is 3.46. The predicted octanol–water partition coefficient (Wildman–Crippen LogP) is 4.94. The molecule has 0 radical (unpaired) electrons. The highest BCUT2D eigenvalue weighted by Gasteiger charge is 2.33. The SMILES string of the molecule is C[C@@H]1[C@H](C(=O)O)CCCN1Cc1ccc(-c2ccc(Cl)c(Cl)c2)o1. The van der Waals surface area contributed by atoms with Crippen LogP contribution in [0.2, 0.25) is 10.0 Å². The van der Waals surface area contributed by atoms with Crippen molar-refractivity contribution in [2.45, 2.75) is 32.4 Å². The van der Waals surface area contributed by atoms with Crippen molar-refractivity contribution in [2.75, 3.05) is 6.54 Å². The molecule has 2 aromatic rings. The van der Waals surface area contributed by atoms with Crippen molar-refractivity contribution in [1.82, 2.24) is 4.90 Å². The number of carboxylic acid groups (broad SMARTS) is 1. The van der Waals surface area contributed by atoms with E-state index in [0.29, 0.717) is 16.6 Å². The third-order valence-corrected chi connectivity index (χ3v) is 5.40. The summed E-state index contributed by atoms with van der Waals surface area (Å²) in [5.41, 5.74) is 0.866. The van der Waals surface area contributed by atoms with Crippen molar-refractivity contribution in [3.8, 4) is 11.3 Å². The maximum absolute atomic E-state index is 11.3. The molecule has 0 spiro atoms. The van der Waals surface area contributed by atoms with Crippen molar-refractivity contribution in [1.29, 1.82) is 0 Å². The van der Waals surface area contributed by atoms with Crippen LogP contribution in [0.4, 0.5) is 0 Å². The first kappa shape index (κ1) is 17.3. The molecule has 1 N–H and O–H groups in total. The van der Waals surface area contributed by atoms with E-state index >= 15 is 0 Å². The number of hydrogen-bond acceptors (Lipinski definition) is 3. The molecule has 1 fully saturated rings. The topological polar surface area (TPSA) is 53.7 Å². The standard InChI is InChI=1S/C18H19Cl2NO3/c1-11-14(18(22)23)3-2-8-21(11)10-13-5-7-17(24-13)12-4-6-15(19)16(20)9-12/h4-7,9,11,14H,2-3,8,10H2,1H3,(H,22,23)/t11-,14-/m1/s1. The van der Waals surface area contributed by atoms with Gasteiger partial charge in [-0.3, -0.25) is 9.69 Å². The van der Waals surface area contributed by atoms with Crippen LogP contribution in [0.15, 0.2) is 34.7 Å². The Morgan fingerprint density at radius 2 is 2.08 bits per heavy atom. The zero-order valence-corrected chi connectivity index (χ0v) is 14.8. The van der Waals surface area contributed by atoms with Crippen molar-refractivity contribution >= 4 is 29.2 Å². The molecule has 6 heteroatoms. The van der Waals surface area contributed by atoms with Gasteiger partial charge in [0.05, 0.1) is 22.5 Å². The summed E-state index contributed by atoms with van der Waals surface area (Å²) < 4.78 is 5.92. The van der Waals surface area contributed by atoms with E-state index in [1.54, 1.807) is 12.1 Å². The van der Waals surface area contributed by atoms with Gasteiger partial charge in [-0.05, 0) is 56.6 Å². The molecule has 3 rings (SSSR count). The van der Waals surface area contributed by atoms with Crippen molar-refractivity contribution < 1.29 is 14.3 Å². The average Bonchev–Trinajstić information content (AvgIpc) is 3.00. The van der Waals surface area contributed by atoms with E-state index in [-0.39, 0.29) is 12.0 Å². The van der Waals surface area contributed by atoms with Gasteiger partial charge < -0.3 is 9.52 Å². The van der Waals surface area contributed by atoms with Crippen LogP contribution in [0.1, 0.15) is 25.5 Å². The number of nitrogens with zero attached hydrogens (tertiary/aromatic N) is 1. The number of hydrogen-bond donors (Lipinski definition) is 1. The predicted molar refractivity (Wildman–Crippen MR) is 94.4 cm³/mol. The summed E-state index contributed by atoms with van der Waals surface area (Å²) >= 11 is 12.0. The largest absolute Gasteiger partial charge is 0.481 e. The Kier molecular flexibility index (Phi) is 5.18. The highest BCUT2D eigenvalue weighted by molar-refractivity contribution is 6.42. The number of aliphatic carboxylic acids is 1. The molecule has 2 atom stereocenters. The molecule has 1 saturated heterocycles. The third kappa shape index (κ3) is 3.61. The van der Waals surface area contributed by atoms with E-state index in [0.717, 1.165) is 36.5 Å². The van der Waals surface area contributed by atoms with E-state index in [2.05, 4.69) is 4.90 Å². The van der Waals surface area contributed by atoms with Gasteiger partial charge in [-0.15, -0.1) is 0 Å². The lowest BCUT2D eigenvalue weighted by Gasteiger charge is -2.36. The number of carbonyl (C=O) groups is 1. The molecule has 4 nitrogen and oxygen atoms in total. The van der Waals surface area contributed by atoms with Crippen molar-refractivity contribution in [3.05, 3.63) is 46.1 Å². The molecule has 0 saturated carbocycles. The molecular weight excluding hydrogens is 349 g/mol. The van der Waals surface area contributed by atoms with Crippen LogP contribution in [0.3, 0.4) is 0 Å². The summed E-state index contributed by atoms with van der Waals surface area (Å²) in [6, 6.07) is 9.20. The summed E-state index contributed by atoms with van der Waals surface area (Å²) in [7, 11) is 0. The van der Waals surface area contributed by atoms with Gasteiger partial charge in [0.1, 0.15) is 11.5 Å². The van der Waals surface area contributed by atoms with Crippen LogP contribution in [-0.2, 0) is 11.3 Å². The van der Waals surface area contributed by atoms with Gasteiger partial charge >= 0.3 is 5.97 Å². The summed E-state index contributed by atoms with van der Waals surface area (Å²) in [5.74, 6) is 0.503. The minimum absolute atomic E-state index is 0.00484. The molecule has 0 amide bonds. The molecule has 1 aromatic carbocycles. The Morgan fingerprint density at radius 1 is 1.29 bits per heavy atom. The molecule has 1 aliphatic heterocycles. The Morgan fingerprint density at radius 3 is 2.79 bits per heavy atom. The summed E-state index contributed by atoms with van der Waals surface area (Å²) in [5, 5.41) is 10.3. The van der Waals surface area contributed by atoms with Gasteiger partial charge in [-0.1, -0.05) is 23.2 Å². The van der Waals surface area contributed by atoms with Crippen molar-refractivity contribution in [2.24, 2.45) is 5.92 Å². The zero-order chi connectivity index (χ0) is 17.3. The fourth-order valence-electron chi connectivity index (χ4n) is 3.23. The number of carboxylic acids is 1. The van der Waals surface area contributed by atoms with Crippen LogP contribution in [0.25, 0.3) is 11.3 Å². The van der Waals surface area contributed by atoms with Gasteiger partial charge in [-0.2, -0.15) is 0 Å². The smallest absolute Gasteiger partial charge is 0.308 e. The minimum Gasteiger partial charge on any atom is -0.481 e. The fourth-order valence-corrected chi connectivity index (χ4v) is 3.53. The molecule has 0 aliphatic carbocycles. The van der Waals surface area contributed by atoms with Gasteiger partial charge in [0.2, 0.25) is 0 Å². The number of piperidine rings is 1. The summed E-state index contributed by atoms with van der Waals surface area (Å²) in [4.78, 5) is 13.5. The molecular formula is C18H19Cl2NO3. The monoisotopic (exact) mass is 367 g/mol. The Balaban J connectivity index is 1.74. The van der Waals surface area contributed by atoms with Crippen LogP contribution >= 0.6 is 23.2 Å². The Bertz CT molecular complexity index is 744. The van der Waals surface area contributed by atoms with Crippen LogP contribution in [-0.4, -0.2) is 28.6 Å². The van der Waals surface area contributed by atoms with E-state index in [1.165, 1.54) is 0 Å². The highest BCUT2D eigenvalue weighted by atomic mass is 35.5. The number of furan rings is 1. The number of likely N-dealkylation sites (tertiary alicyclic amines) is 1. The zero-order valence-electron chi connectivity index (χ0n) is 13.3. The minimum atomic E-state index is -0.719. The lowest BCUT2D eigenvalue weighted by atomic mass is 9.90. The molecule has 128 valence electrons. The highest BCUT2D eigenvalue weighted by Crippen LogP contribution is 2.31. The Hall–Kier alpha value is -1.49. The average molecular weight is 368 g/mol. The molecule has 0 bridgehead atoms. The first-order chi connectivity index (χ1) is 11.5.